The number of rotatable bonds is 5. The molecule has 0 atom stereocenters. The van der Waals surface area contributed by atoms with Crippen molar-refractivity contribution in [2.24, 2.45) is 0 Å². The molecule has 2 rings (SSSR count). The van der Waals surface area contributed by atoms with Gasteiger partial charge in [0.05, 0.1) is 0 Å². The van der Waals surface area contributed by atoms with Crippen molar-refractivity contribution >= 4 is 17.5 Å². The first-order valence-electron chi connectivity index (χ1n) is 7.19. The molecule has 6 heteroatoms. The monoisotopic (exact) mass is 321 g/mol. The number of hydrogen-bond acceptors (Lipinski definition) is 4. The molecule has 1 amide bonds. The van der Waals surface area contributed by atoms with E-state index in [1.807, 2.05) is 39.0 Å². The van der Waals surface area contributed by atoms with Crippen molar-refractivity contribution in [3.63, 3.8) is 0 Å². The van der Waals surface area contributed by atoms with E-state index in [4.69, 9.17) is 16.1 Å². The fourth-order valence-electron chi connectivity index (χ4n) is 1.81. The van der Waals surface area contributed by atoms with E-state index in [0.717, 1.165) is 5.56 Å². The Bertz CT molecular complexity index is 647. The van der Waals surface area contributed by atoms with Gasteiger partial charge in [-0.3, -0.25) is 4.79 Å². The fourth-order valence-corrected chi connectivity index (χ4v) is 2.01. The zero-order valence-corrected chi connectivity index (χ0v) is 13.8. The van der Waals surface area contributed by atoms with E-state index in [-0.39, 0.29) is 11.3 Å². The zero-order chi connectivity index (χ0) is 16.2. The number of nitrogens with zero attached hydrogens (tertiary/aromatic N) is 2. The number of amides is 1. The maximum Gasteiger partial charge on any atom is 0.227 e. The minimum atomic E-state index is -0.159. The molecule has 0 spiro atoms. The standard InChI is InChI=1S/C16H20ClN3O2/c1-16(2,3)15-19-14(22-20-15)9-8-13(21)18-10-11-6-4-5-7-12(11)17/h4-7H,8-10H2,1-3H3,(H,18,21). The van der Waals surface area contributed by atoms with Gasteiger partial charge in [-0.2, -0.15) is 4.98 Å². The van der Waals surface area contributed by atoms with E-state index < -0.39 is 0 Å². The lowest BCUT2D eigenvalue weighted by Crippen LogP contribution is -2.23. The summed E-state index contributed by atoms with van der Waals surface area (Å²) in [5.41, 5.74) is 0.735. The molecule has 0 saturated heterocycles. The Hall–Kier alpha value is -1.88. The van der Waals surface area contributed by atoms with Crippen LogP contribution in [-0.2, 0) is 23.2 Å². The van der Waals surface area contributed by atoms with Gasteiger partial charge in [0.25, 0.3) is 0 Å². The Morgan fingerprint density at radius 3 is 2.68 bits per heavy atom. The summed E-state index contributed by atoms with van der Waals surface area (Å²) >= 11 is 6.04. The van der Waals surface area contributed by atoms with Crippen molar-refractivity contribution in [1.82, 2.24) is 15.5 Å². The number of carbonyl (C=O) groups is 1. The number of halogens is 1. The Kier molecular flexibility index (Phi) is 5.19. The highest BCUT2D eigenvalue weighted by atomic mass is 35.5. The molecule has 2 aromatic rings. The number of benzene rings is 1. The van der Waals surface area contributed by atoms with Crippen molar-refractivity contribution in [3.8, 4) is 0 Å². The molecule has 0 aliphatic heterocycles. The van der Waals surface area contributed by atoms with E-state index in [1.54, 1.807) is 6.07 Å². The van der Waals surface area contributed by atoms with Gasteiger partial charge >= 0.3 is 0 Å². The van der Waals surface area contributed by atoms with Crippen molar-refractivity contribution in [2.75, 3.05) is 0 Å². The minimum Gasteiger partial charge on any atom is -0.352 e. The number of hydrogen-bond donors (Lipinski definition) is 1. The van der Waals surface area contributed by atoms with Gasteiger partial charge in [-0.05, 0) is 11.6 Å². The molecular weight excluding hydrogens is 302 g/mol. The van der Waals surface area contributed by atoms with Crippen LogP contribution >= 0.6 is 11.6 Å². The van der Waals surface area contributed by atoms with Crippen LogP contribution in [0.4, 0.5) is 0 Å². The molecule has 22 heavy (non-hydrogen) atoms. The second-order valence-corrected chi connectivity index (χ2v) is 6.54. The van der Waals surface area contributed by atoms with Gasteiger partial charge in [0.1, 0.15) is 0 Å². The average molecular weight is 322 g/mol. The molecule has 0 saturated carbocycles. The Morgan fingerprint density at radius 1 is 1.32 bits per heavy atom. The minimum absolute atomic E-state index is 0.0737. The fraction of sp³-hybridized carbons (Fsp3) is 0.438. The van der Waals surface area contributed by atoms with Crippen LogP contribution in [0.3, 0.4) is 0 Å². The molecular formula is C16H20ClN3O2. The lowest BCUT2D eigenvalue weighted by Gasteiger charge is -2.10. The summed E-state index contributed by atoms with van der Waals surface area (Å²) in [6.45, 7) is 6.45. The normalized spacial score (nSPS) is 11.5. The van der Waals surface area contributed by atoms with E-state index in [1.165, 1.54) is 0 Å². The summed E-state index contributed by atoms with van der Waals surface area (Å²) in [7, 11) is 0. The Balaban J connectivity index is 1.81. The van der Waals surface area contributed by atoms with E-state index in [0.29, 0.717) is 36.1 Å². The number of aromatic nitrogens is 2. The van der Waals surface area contributed by atoms with Crippen LogP contribution in [0.2, 0.25) is 5.02 Å². The van der Waals surface area contributed by atoms with Crippen LogP contribution in [0, 0.1) is 0 Å². The summed E-state index contributed by atoms with van der Waals surface area (Å²) in [6, 6.07) is 7.43. The van der Waals surface area contributed by atoms with Gasteiger partial charge < -0.3 is 9.84 Å². The molecule has 5 nitrogen and oxygen atoms in total. The second-order valence-electron chi connectivity index (χ2n) is 6.13. The summed E-state index contributed by atoms with van der Waals surface area (Å²) in [5.74, 6) is 1.06. The van der Waals surface area contributed by atoms with Crippen molar-refractivity contribution in [3.05, 3.63) is 46.6 Å². The summed E-state index contributed by atoms with van der Waals surface area (Å²) in [4.78, 5) is 16.2. The van der Waals surface area contributed by atoms with Gasteiger partial charge in [0.2, 0.25) is 11.8 Å². The third-order valence-electron chi connectivity index (χ3n) is 3.14. The highest BCUT2D eigenvalue weighted by Crippen LogP contribution is 2.19. The maximum absolute atomic E-state index is 11.9. The SMILES string of the molecule is CC(C)(C)c1noc(CCC(=O)NCc2ccccc2Cl)n1. The van der Waals surface area contributed by atoms with E-state index in [9.17, 15) is 4.79 Å². The number of carbonyl (C=O) groups excluding carboxylic acids is 1. The van der Waals surface area contributed by atoms with E-state index in [2.05, 4.69) is 15.5 Å². The first-order chi connectivity index (χ1) is 10.4. The topological polar surface area (TPSA) is 68.0 Å². The first-order valence-corrected chi connectivity index (χ1v) is 7.57. The van der Waals surface area contributed by atoms with Gasteiger partial charge in [-0.25, -0.2) is 0 Å². The molecule has 1 heterocycles. The van der Waals surface area contributed by atoms with Gasteiger partial charge in [-0.1, -0.05) is 55.7 Å². The summed E-state index contributed by atoms with van der Waals surface area (Å²) < 4.78 is 5.16. The maximum atomic E-state index is 11.9. The van der Waals surface area contributed by atoms with Crippen LogP contribution in [-0.4, -0.2) is 16.0 Å². The van der Waals surface area contributed by atoms with Crippen molar-refractivity contribution < 1.29 is 9.32 Å². The largest absolute Gasteiger partial charge is 0.352 e. The Labute approximate surface area is 135 Å². The van der Waals surface area contributed by atoms with Crippen molar-refractivity contribution in [1.29, 1.82) is 0 Å². The van der Waals surface area contributed by atoms with Crippen LogP contribution in [0.1, 0.15) is 44.5 Å². The Morgan fingerprint density at radius 2 is 2.05 bits per heavy atom. The third-order valence-corrected chi connectivity index (χ3v) is 3.51. The molecule has 1 aromatic carbocycles. The smallest absolute Gasteiger partial charge is 0.227 e. The molecule has 0 fully saturated rings. The molecule has 0 unspecified atom stereocenters. The molecule has 0 aliphatic rings. The number of nitrogens with one attached hydrogen (secondary N) is 1. The second kappa shape index (κ2) is 6.92. The van der Waals surface area contributed by atoms with Gasteiger partial charge in [0, 0.05) is 29.8 Å². The van der Waals surface area contributed by atoms with Crippen LogP contribution in [0.5, 0.6) is 0 Å². The highest BCUT2D eigenvalue weighted by Gasteiger charge is 2.21. The molecule has 118 valence electrons. The summed E-state index contributed by atoms with van der Waals surface area (Å²) in [6.07, 6.45) is 0.730. The first kappa shape index (κ1) is 16.5. The molecule has 1 aromatic heterocycles. The molecule has 0 bridgehead atoms. The van der Waals surface area contributed by atoms with Crippen molar-refractivity contribution in [2.45, 2.75) is 45.6 Å². The van der Waals surface area contributed by atoms with Gasteiger partial charge in [0.15, 0.2) is 5.82 Å². The predicted octanol–water partition coefficient (Wildman–Crippen LogP) is 3.27. The number of aryl methyl sites for hydroxylation is 1. The van der Waals surface area contributed by atoms with E-state index >= 15 is 0 Å². The molecule has 0 radical (unpaired) electrons. The van der Waals surface area contributed by atoms with Crippen LogP contribution in [0.15, 0.2) is 28.8 Å². The lowest BCUT2D eigenvalue weighted by atomic mass is 9.96. The van der Waals surface area contributed by atoms with Crippen LogP contribution in [0.25, 0.3) is 0 Å². The van der Waals surface area contributed by atoms with Gasteiger partial charge in [-0.15, -0.1) is 0 Å². The quantitative estimate of drug-likeness (QED) is 0.917. The highest BCUT2D eigenvalue weighted by molar-refractivity contribution is 6.31. The summed E-state index contributed by atoms with van der Waals surface area (Å²) in [5, 5.41) is 7.42. The lowest BCUT2D eigenvalue weighted by molar-refractivity contribution is -0.121. The molecule has 0 aliphatic carbocycles. The zero-order valence-electron chi connectivity index (χ0n) is 13.0. The molecule has 1 N–H and O–H groups in total. The average Bonchev–Trinajstić information content (AvgIpc) is 2.93. The van der Waals surface area contributed by atoms with Crippen LogP contribution < -0.4 is 5.32 Å². The predicted molar refractivity (Wildman–Crippen MR) is 84.6 cm³/mol. The third kappa shape index (κ3) is 4.56.